The number of anilines is 1. The third-order valence-electron chi connectivity index (χ3n) is 6.43. The van der Waals surface area contributed by atoms with Gasteiger partial charge in [0.2, 0.25) is 11.8 Å². The van der Waals surface area contributed by atoms with E-state index in [1.165, 1.54) is 37.1 Å². The highest BCUT2D eigenvalue weighted by Gasteiger charge is 2.36. The van der Waals surface area contributed by atoms with Crippen LogP contribution < -0.4 is 10.6 Å². The SMILES string of the molecule is CC(=O)C(=N)c1ccncc1NCC(=O)N1C=CC[C@H]1C(=O)NCC1CCCC1(C)C. The van der Waals surface area contributed by atoms with Crippen molar-refractivity contribution in [2.24, 2.45) is 11.3 Å². The van der Waals surface area contributed by atoms with Gasteiger partial charge >= 0.3 is 0 Å². The second kappa shape index (κ2) is 9.41. The van der Waals surface area contributed by atoms with Crippen molar-refractivity contribution in [3.63, 3.8) is 0 Å². The molecule has 1 aliphatic carbocycles. The van der Waals surface area contributed by atoms with E-state index in [9.17, 15) is 14.4 Å². The first-order valence-electron chi connectivity index (χ1n) is 10.7. The van der Waals surface area contributed by atoms with Crippen molar-refractivity contribution in [3.05, 3.63) is 36.3 Å². The topological polar surface area (TPSA) is 115 Å². The number of carbonyl (C=O) groups is 3. The number of nitrogens with one attached hydrogen (secondary N) is 3. The summed E-state index contributed by atoms with van der Waals surface area (Å²) in [5.41, 5.74) is 0.908. The number of amides is 2. The van der Waals surface area contributed by atoms with E-state index in [0.29, 0.717) is 30.1 Å². The largest absolute Gasteiger partial charge is 0.374 e. The number of pyridine rings is 1. The molecule has 0 saturated heterocycles. The lowest BCUT2D eigenvalue weighted by Gasteiger charge is -2.29. The van der Waals surface area contributed by atoms with E-state index in [1.54, 1.807) is 12.3 Å². The van der Waals surface area contributed by atoms with Crippen molar-refractivity contribution in [1.29, 1.82) is 5.41 Å². The van der Waals surface area contributed by atoms with Gasteiger partial charge in [-0.2, -0.15) is 0 Å². The molecule has 0 radical (unpaired) electrons. The molecule has 8 heteroatoms. The Morgan fingerprint density at radius 2 is 2.10 bits per heavy atom. The molecule has 0 spiro atoms. The first-order chi connectivity index (χ1) is 14.7. The lowest BCUT2D eigenvalue weighted by atomic mass is 9.82. The predicted molar refractivity (Wildman–Crippen MR) is 119 cm³/mol. The van der Waals surface area contributed by atoms with E-state index in [-0.39, 0.29) is 35.3 Å². The molecule has 1 aromatic rings. The number of Topliss-reactive ketones (excluding diaryl/α,β-unsaturated/α-hetero) is 1. The number of hydrogen-bond donors (Lipinski definition) is 3. The van der Waals surface area contributed by atoms with Crippen LogP contribution in [0.2, 0.25) is 0 Å². The normalized spacial score (nSPS) is 21.7. The number of rotatable bonds is 8. The number of hydrogen-bond acceptors (Lipinski definition) is 6. The number of carbonyl (C=O) groups excluding carboxylic acids is 3. The van der Waals surface area contributed by atoms with Gasteiger partial charge in [0.25, 0.3) is 0 Å². The molecule has 3 N–H and O–H groups in total. The van der Waals surface area contributed by atoms with Gasteiger partial charge in [-0.15, -0.1) is 0 Å². The van der Waals surface area contributed by atoms with Crippen molar-refractivity contribution >= 4 is 29.0 Å². The smallest absolute Gasteiger partial charge is 0.246 e. The average Bonchev–Trinajstić information content (AvgIpc) is 3.36. The highest BCUT2D eigenvalue weighted by atomic mass is 16.2. The molecule has 31 heavy (non-hydrogen) atoms. The summed E-state index contributed by atoms with van der Waals surface area (Å²) in [5, 5.41) is 13.9. The van der Waals surface area contributed by atoms with Crippen LogP contribution in [-0.4, -0.2) is 52.3 Å². The second-order valence-electron chi connectivity index (χ2n) is 8.97. The van der Waals surface area contributed by atoms with E-state index >= 15 is 0 Å². The highest BCUT2D eigenvalue weighted by Crippen LogP contribution is 2.42. The lowest BCUT2D eigenvalue weighted by Crippen LogP contribution is -2.48. The lowest BCUT2D eigenvalue weighted by molar-refractivity contribution is -0.135. The predicted octanol–water partition coefficient (Wildman–Crippen LogP) is 2.51. The Labute approximate surface area is 183 Å². The number of nitrogens with zero attached hydrogens (tertiary/aromatic N) is 2. The quantitative estimate of drug-likeness (QED) is 0.554. The molecule has 1 aliphatic heterocycles. The van der Waals surface area contributed by atoms with Gasteiger partial charge in [0.1, 0.15) is 11.8 Å². The summed E-state index contributed by atoms with van der Waals surface area (Å²) in [6.07, 6.45) is 10.4. The van der Waals surface area contributed by atoms with Crippen molar-refractivity contribution in [2.45, 2.75) is 52.5 Å². The monoisotopic (exact) mass is 425 g/mol. The van der Waals surface area contributed by atoms with Crippen LogP contribution in [0.25, 0.3) is 0 Å². The molecular formula is C23H31N5O3. The van der Waals surface area contributed by atoms with Crippen molar-refractivity contribution in [1.82, 2.24) is 15.2 Å². The van der Waals surface area contributed by atoms with Crippen LogP contribution >= 0.6 is 0 Å². The minimum absolute atomic E-state index is 0.0757. The molecular weight excluding hydrogens is 394 g/mol. The Morgan fingerprint density at radius 1 is 1.32 bits per heavy atom. The van der Waals surface area contributed by atoms with E-state index in [2.05, 4.69) is 29.5 Å². The van der Waals surface area contributed by atoms with Crippen LogP contribution in [0.3, 0.4) is 0 Å². The van der Waals surface area contributed by atoms with Crippen LogP contribution in [0.15, 0.2) is 30.7 Å². The van der Waals surface area contributed by atoms with E-state index in [1.807, 2.05) is 6.08 Å². The Balaban J connectivity index is 1.58. The zero-order valence-electron chi connectivity index (χ0n) is 18.4. The van der Waals surface area contributed by atoms with Crippen LogP contribution in [0, 0.1) is 16.7 Å². The highest BCUT2D eigenvalue weighted by molar-refractivity contribution is 6.45. The first kappa shape index (κ1) is 22.7. The van der Waals surface area contributed by atoms with Gasteiger partial charge in [-0.05, 0) is 36.7 Å². The summed E-state index contributed by atoms with van der Waals surface area (Å²) in [6, 6.07) is 1.01. The van der Waals surface area contributed by atoms with Gasteiger partial charge in [-0.3, -0.25) is 24.8 Å². The van der Waals surface area contributed by atoms with Crippen LogP contribution in [0.1, 0.15) is 52.0 Å². The Bertz CT molecular complexity index is 908. The maximum atomic E-state index is 12.8. The molecule has 3 rings (SSSR count). The molecule has 166 valence electrons. The zero-order chi connectivity index (χ0) is 22.6. The first-order valence-corrected chi connectivity index (χ1v) is 10.7. The molecule has 1 fully saturated rings. The van der Waals surface area contributed by atoms with Gasteiger partial charge < -0.3 is 15.5 Å². The fourth-order valence-electron chi connectivity index (χ4n) is 4.34. The van der Waals surface area contributed by atoms with Crippen molar-refractivity contribution < 1.29 is 14.4 Å². The second-order valence-corrected chi connectivity index (χ2v) is 8.97. The maximum absolute atomic E-state index is 12.8. The zero-order valence-corrected chi connectivity index (χ0v) is 18.4. The molecule has 8 nitrogen and oxygen atoms in total. The average molecular weight is 426 g/mol. The molecule has 1 saturated carbocycles. The van der Waals surface area contributed by atoms with E-state index < -0.39 is 6.04 Å². The van der Waals surface area contributed by atoms with Gasteiger partial charge in [0.05, 0.1) is 18.4 Å². The fraction of sp³-hybridized carbons (Fsp3) is 0.522. The molecule has 2 amide bonds. The van der Waals surface area contributed by atoms with Gasteiger partial charge in [0, 0.05) is 31.4 Å². The van der Waals surface area contributed by atoms with Crippen LogP contribution in [-0.2, 0) is 14.4 Å². The van der Waals surface area contributed by atoms with Crippen molar-refractivity contribution in [2.75, 3.05) is 18.4 Å². The molecule has 2 atom stereocenters. The van der Waals surface area contributed by atoms with Crippen LogP contribution in [0.5, 0.6) is 0 Å². The summed E-state index contributed by atoms with van der Waals surface area (Å²) < 4.78 is 0. The van der Waals surface area contributed by atoms with Crippen LogP contribution in [0.4, 0.5) is 5.69 Å². The molecule has 1 aromatic heterocycles. The van der Waals surface area contributed by atoms with Crippen molar-refractivity contribution in [3.8, 4) is 0 Å². The fourth-order valence-corrected chi connectivity index (χ4v) is 4.34. The Kier molecular flexibility index (Phi) is 6.87. The van der Waals surface area contributed by atoms with Gasteiger partial charge in [-0.25, -0.2) is 0 Å². The van der Waals surface area contributed by atoms with E-state index in [0.717, 1.165) is 6.42 Å². The molecule has 2 heterocycles. The van der Waals surface area contributed by atoms with Gasteiger partial charge in [0.15, 0.2) is 5.78 Å². The molecule has 0 bridgehead atoms. The number of aromatic nitrogens is 1. The summed E-state index contributed by atoms with van der Waals surface area (Å²) in [7, 11) is 0. The Morgan fingerprint density at radius 3 is 2.77 bits per heavy atom. The summed E-state index contributed by atoms with van der Waals surface area (Å²) in [4.78, 5) is 42.6. The standard InChI is InChI=1S/C23H31N5O3/c1-15(29)21(24)17-8-10-25-13-18(17)26-14-20(30)28-11-5-7-19(28)22(31)27-12-16-6-4-9-23(16,2)3/h5,8,10-11,13,16,19,24,26H,4,6-7,9,12,14H2,1-3H3,(H,27,31)/t16?,19-/m0/s1. The molecule has 0 aromatic carbocycles. The van der Waals surface area contributed by atoms with E-state index in [4.69, 9.17) is 5.41 Å². The Hall–Kier alpha value is -3.03. The molecule has 1 unspecified atom stereocenters. The molecule has 2 aliphatic rings. The third kappa shape index (κ3) is 5.18. The minimum atomic E-state index is -0.553. The maximum Gasteiger partial charge on any atom is 0.246 e. The van der Waals surface area contributed by atoms with Gasteiger partial charge in [-0.1, -0.05) is 26.3 Å². The summed E-state index contributed by atoms with van der Waals surface area (Å²) in [6.45, 7) is 6.37. The number of ketones is 1. The summed E-state index contributed by atoms with van der Waals surface area (Å²) in [5.74, 6) is -0.316. The minimum Gasteiger partial charge on any atom is -0.374 e. The third-order valence-corrected chi connectivity index (χ3v) is 6.43. The summed E-state index contributed by atoms with van der Waals surface area (Å²) >= 11 is 0.